The van der Waals surface area contributed by atoms with Crippen LogP contribution < -0.4 is 5.56 Å². The molecule has 4 rings (SSSR count). The van der Waals surface area contributed by atoms with E-state index in [1.807, 2.05) is 4.90 Å². The third-order valence-electron chi connectivity index (χ3n) is 4.33. The molecular weight excluding hydrogens is 312 g/mol. The minimum Gasteiger partial charge on any atom is -0.338 e. The maximum atomic E-state index is 12.6. The van der Waals surface area contributed by atoms with E-state index in [0.717, 1.165) is 6.42 Å². The van der Waals surface area contributed by atoms with E-state index in [1.165, 1.54) is 15.0 Å². The van der Waals surface area contributed by atoms with Crippen molar-refractivity contribution in [2.24, 2.45) is 0 Å². The van der Waals surface area contributed by atoms with Gasteiger partial charge in [0, 0.05) is 41.5 Å². The van der Waals surface area contributed by atoms with E-state index >= 15 is 0 Å². The molecule has 0 unspecified atom stereocenters. The first-order valence-corrected chi connectivity index (χ1v) is 8.40. The summed E-state index contributed by atoms with van der Waals surface area (Å²) in [5.41, 5.74) is 2.69. The zero-order valence-electron chi connectivity index (χ0n) is 12.7. The van der Waals surface area contributed by atoms with Crippen LogP contribution in [0.3, 0.4) is 0 Å². The standard InChI is InChI=1S/C16H16N4O2S/c1-10-12(16(22)20-14(18-10)2-5-17-20)8-15(21)19-6-3-13-11(9-19)4-7-23-13/h2,4-5,7,17H,3,6,8-9H2,1H3. The Morgan fingerprint density at radius 2 is 2.30 bits per heavy atom. The van der Waals surface area contributed by atoms with Crippen LogP contribution in [0.2, 0.25) is 0 Å². The highest BCUT2D eigenvalue weighted by molar-refractivity contribution is 7.10. The van der Waals surface area contributed by atoms with Gasteiger partial charge in [-0.3, -0.25) is 14.7 Å². The lowest BCUT2D eigenvalue weighted by molar-refractivity contribution is -0.131. The number of rotatable bonds is 2. The number of nitrogens with zero attached hydrogens (tertiary/aromatic N) is 3. The van der Waals surface area contributed by atoms with Gasteiger partial charge in [0.15, 0.2) is 5.65 Å². The minimum absolute atomic E-state index is 0.0182. The predicted molar refractivity (Wildman–Crippen MR) is 87.7 cm³/mol. The second kappa shape index (κ2) is 5.34. The quantitative estimate of drug-likeness (QED) is 0.775. The van der Waals surface area contributed by atoms with E-state index in [4.69, 9.17) is 0 Å². The van der Waals surface area contributed by atoms with Crippen LogP contribution in [0.1, 0.15) is 21.7 Å². The molecule has 4 heterocycles. The maximum Gasteiger partial charge on any atom is 0.276 e. The summed E-state index contributed by atoms with van der Waals surface area (Å²) in [5.74, 6) is -0.0182. The van der Waals surface area contributed by atoms with Crippen molar-refractivity contribution >= 4 is 22.9 Å². The summed E-state index contributed by atoms with van der Waals surface area (Å²) in [4.78, 5) is 32.7. The lowest BCUT2D eigenvalue weighted by Gasteiger charge is -2.27. The first-order chi connectivity index (χ1) is 11.1. The molecule has 1 aliphatic rings. The molecule has 1 aliphatic heterocycles. The number of aryl methyl sites for hydroxylation is 1. The molecule has 7 heteroatoms. The third kappa shape index (κ3) is 2.37. The summed E-state index contributed by atoms with van der Waals surface area (Å²) in [6.45, 7) is 3.13. The molecule has 0 bridgehead atoms. The molecule has 0 saturated heterocycles. The zero-order valence-corrected chi connectivity index (χ0v) is 13.5. The second-order valence-corrected chi connectivity index (χ2v) is 6.75. The second-order valence-electron chi connectivity index (χ2n) is 5.75. The van der Waals surface area contributed by atoms with Crippen molar-refractivity contribution < 1.29 is 4.79 Å². The molecule has 0 spiro atoms. The molecule has 6 nitrogen and oxygen atoms in total. The van der Waals surface area contributed by atoms with Gasteiger partial charge in [0.2, 0.25) is 5.91 Å². The number of thiophene rings is 1. The van der Waals surface area contributed by atoms with Gasteiger partial charge in [-0.2, -0.15) is 0 Å². The summed E-state index contributed by atoms with van der Waals surface area (Å²) in [6.07, 6.45) is 2.65. The number of carbonyl (C=O) groups is 1. The molecular formula is C16H16N4O2S. The summed E-state index contributed by atoms with van der Waals surface area (Å²) >= 11 is 1.74. The number of aromatic nitrogens is 3. The monoisotopic (exact) mass is 328 g/mol. The Morgan fingerprint density at radius 3 is 3.17 bits per heavy atom. The molecule has 0 atom stereocenters. The van der Waals surface area contributed by atoms with E-state index in [2.05, 4.69) is 21.5 Å². The fourth-order valence-corrected chi connectivity index (χ4v) is 3.92. The SMILES string of the molecule is Cc1nc2cc[nH]n2c(=O)c1CC(=O)N1CCc2sccc2C1. The highest BCUT2D eigenvalue weighted by Gasteiger charge is 2.23. The van der Waals surface area contributed by atoms with E-state index in [1.54, 1.807) is 30.5 Å². The molecule has 0 saturated carbocycles. The molecule has 0 fully saturated rings. The van der Waals surface area contributed by atoms with Gasteiger partial charge in [0.25, 0.3) is 5.56 Å². The van der Waals surface area contributed by atoms with Gasteiger partial charge in [0.05, 0.1) is 6.42 Å². The molecule has 23 heavy (non-hydrogen) atoms. The predicted octanol–water partition coefficient (Wildman–Crippen LogP) is 1.52. The third-order valence-corrected chi connectivity index (χ3v) is 5.36. The van der Waals surface area contributed by atoms with Crippen LogP contribution in [0.5, 0.6) is 0 Å². The minimum atomic E-state index is -0.195. The molecule has 3 aromatic heterocycles. The molecule has 3 aromatic rings. The molecule has 1 amide bonds. The molecule has 1 N–H and O–H groups in total. The molecule has 0 aromatic carbocycles. The number of hydrogen-bond donors (Lipinski definition) is 1. The Labute approximate surface area is 136 Å². The van der Waals surface area contributed by atoms with Gasteiger partial charge >= 0.3 is 0 Å². The molecule has 118 valence electrons. The molecule has 0 radical (unpaired) electrons. The van der Waals surface area contributed by atoms with Crippen LogP contribution in [0.25, 0.3) is 5.65 Å². The number of carbonyl (C=O) groups excluding carboxylic acids is 1. The topological polar surface area (TPSA) is 70.5 Å². The van der Waals surface area contributed by atoms with E-state index in [0.29, 0.717) is 30.0 Å². The van der Waals surface area contributed by atoms with Gasteiger partial charge < -0.3 is 4.90 Å². The Kier molecular flexibility index (Phi) is 3.30. The van der Waals surface area contributed by atoms with Crippen molar-refractivity contribution in [3.8, 4) is 0 Å². The van der Waals surface area contributed by atoms with Crippen molar-refractivity contribution in [3.05, 3.63) is 55.8 Å². The van der Waals surface area contributed by atoms with Crippen molar-refractivity contribution in [2.45, 2.75) is 26.3 Å². The first kappa shape index (κ1) is 14.2. The zero-order chi connectivity index (χ0) is 16.0. The largest absolute Gasteiger partial charge is 0.338 e. The van der Waals surface area contributed by atoms with Gasteiger partial charge in [-0.1, -0.05) is 0 Å². The first-order valence-electron chi connectivity index (χ1n) is 7.52. The summed E-state index contributed by atoms with van der Waals surface area (Å²) < 4.78 is 1.38. The smallest absolute Gasteiger partial charge is 0.276 e. The number of hydrogen-bond acceptors (Lipinski definition) is 4. The van der Waals surface area contributed by atoms with Crippen molar-refractivity contribution in [1.82, 2.24) is 19.5 Å². The maximum absolute atomic E-state index is 12.6. The number of fused-ring (bicyclic) bond motifs is 2. The Bertz CT molecular complexity index is 953. The molecule has 0 aliphatic carbocycles. The summed E-state index contributed by atoms with van der Waals surface area (Å²) in [6, 6.07) is 3.81. The van der Waals surface area contributed by atoms with Crippen molar-refractivity contribution in [2.75, 3.05) is 6.54 Å². The average Bonchev–Trinajstić information content (AvgIpc) is 3.18. The average molecular weight is 328 g/mol. The van der Waals surface area contributed by atoms with E-state index in [-0.39, 0.29) is 17.9 Å². The van der Waals surface area contributed by atoms with Gasteiger partial charge in [-0.15, -0.1) is 11.3 Å². The number of amides is 1. The van der Waals surface area contributed by atoms with E-state index < -0.39 is 0 Å². The number of aromatic amines is 1. The van der Waals surface area contributed by atoms with Crippen LogP contribution in [0.15, 0.2) is 28.5 Å². The number of nitrogens with one attached hydrogen (secondary N) is 1. The normalized spacial score (nSPS) is 14.2. The van der Waals surface area contributed by atoms with Crippen LogP contribution in [-0.4, -0.2) is 31.9 Å². The van der Waals surface area contributed by atoms with Crippen LogP contribution in [0, 0.1) is 6.92 Å². The summed E-state index contributed by atoms with van der Waals surface area (Å²) in [7, 11) is 0. The van der Waals surface area contributed by atoms with Crippen molar-refractivity contribution in [1.29, 1.82) is 0 Å². The Balaban J connectivity index is 1.61. The Hall–Kier alpha value is -2.41. The van der Waals surface area contributed by atoms with Crippen LogP contribution >= 0.6 is 11.3 Å². The lowest BCUT2D eigenvalue weighted by atomic mass is 10.1. The lowest BCUT2D eigenvalue weighted by Crippen LogP contribution is -2.38. The van der Waals surface area contributed by atoms with Gasteiger partial charge in [-0.25, -0.2) is 9.50 Å². The van der Waals surface area contributed by atoms with Gasteiger partial charge in [-0.05, 0) is 30.4 Å². The fraction of sp³-hybridized carbons (Fsp3) is 0.312. The highest BCUT2D eigenvalue weighted by atomic mass is 32.1. The van der Waals surface area contributed by atoms with Gasteiger partial charge in [0.1, 0.15) is 0 Å². The van der Waals surface area contributed by atoms with Crippen LogP contribution in [0.4, 0.5) is 0 Å². The van der Waals surface area contributed by atoms with Crippen LogP contribution in [-0.2, 0) is 24.2 Å². The fourth-order valence-electron chi connectivity index (χ4n) is 3.03. The van der Waals surface area contributed by atoms with Crippen molar-refractivity contribution in [3.63, 3.8) is 0 Å². The highest BCUT2D eigenvalue weighted by Crippen LogP contribution is 2.24. The van der Waals surface area contributed by atoms with E-state index in [9.17, 15) is 9.59 Å². The number of H-pyrrole nitrogens is 1. The summed E-state index contributed by atoms with van der Waals surface area (Å²) in [5, 5.41) is 4.90. The Morgan fingerprint density at radius 1 is 1.43 bits per heavy atom.